The van der Waals surface area contributed by atoms with Crippen molar-refractivity contribution >= 4 is 68.2 Å². The number of rotatable bonds is 8. The van der Waals surface area contributed by atoms with Gasteiger partial charge in [-0.15, -0.1) is 0 Å². The third kappa shape index (κ3) is 15.7. The molecule has 0 aromatic carbocycles. The fourth-order valence-corrected chi connectivity index (χ4v) is 3.13. The van der Waals surface area contributed by atoms with Gasteiger partial charge in [-0.1, -0.05) is 21.6 Å². The van der Waals surface area contributed by atoms with Gasteiger partial charge in [0.05, 0.1) is 12.2 Å². The summed E-state index contributed by atoms with van der Waals surface area (Å²) in [6.45, 7) is 0. The molecule has 79 valence electrons. The fourth-order valence-electron chi connectivity index (χ4n) is 0.488. The molecule has 0 spiro atoms. The third-order valence-corrected chi connectivity index (χ3v) is 4.16. The molecule has 0 fully saturated rings. The van der Waals surface area contributed by atoms with E-state index in [1.165, 1.54) is 10.8 Å². The minimum Gasteiger partial charge on any atom is -0.481 e. The number of hydrogen-bond acceptors (Lipinski definition) is 4. The summed E-state index contributed by atoms with van der Waals surface area (Å²) in [4.78, 5) is 10.1. The summed E-state index contributed by atoms with van der Waals surface area (Å²) in [5, 5.41) is 8.29. The molecular formula is C6H12NaO4S3. The number of hydrogen-bond donors (Lipinski definition) is 2. The van der Waals surface area contributed by atoms with Gasteiger partial charge in [-0.2, -0.15) is 0 Å². The molecule has 4 nitrogen and oxygen atoms in total. The first-order valence-corrected chi connectivity index (χ1v) is 7.43. The van der Waals surface area contributed by atoms with E-state index in [0.29, 0.717) is 17.9 Å². The van der Waals surface area contributed by atoms with Crippen molar-refractivity contribution in [2.45, 2.75) is 12.8 Å². The zero-order valence-corrected chi connectivity index (χ0v) is 12.4. The van der Waals surface area contributed by atoms with Crippen LogP contribution >= 0.6 is 21.6 Å². The second-order valence-corrected chi connectivity index (χ2v) is 5.92. The molecule has 1 unspecified atom stereocenters. The minimum atomic E-state index is -1.70. The topological polar surface area (TPSA) is 74.6 Å². The molecule has 8 heteroatoms. The average Bonchev–Trinajstić information content (AvgIpc) is 2.01. The normalized spacial score (nSPS) is 11.8. The van der Waals surface area contributed by atoms with Gasteiger partial charge in [-0.3, -0.25) is 4.79 Å². The van der Waals surface area contributed by atoms with Crippen LogP contribution < -0.4 is 0 Å². The van der Waals surface area contributed by atoms with Crippen molar-refractivity contribution in [3.8, 4) is 0 Å². The maximum atomic E-state index is 10.2. The molecule has 1 radical (unpaired) electrons. The summed E-state index contributed by atoms with van der Waals surface area (Å²) in [6.07, 6.45) is 0.859. The summed E-state index contributed by atoms with van der Waals surface area (Å²) in [7, 11) is 3.03. The van der Waals surface area contributed by atoms with Gasteiger partial charge in [0.2, 0.25) is 0 Å². The van der Waals surface area contributed by atoms with Crippen molar-refractivity contribution in [3.63, 3.8) is 0 Å². The average molecular weight is 267 g/mol. The van der Waals surface area contributed by atoms with E-state index in [2.05, 4.69) is 0 Å². The SMILES string of the molecule is O=C(O)CCSSCCCS(=O)O.[Na]. The van der Waals surface area contributed by atoms with Crippen LogP contribution in [-0.4, -0.2) is 66.7 Å². The van der Waals surface area contributed by atoms with Crippen molar-refractivity contribution < 1.29 is 18.7 Å². The van der Waals surface area contributed by atoms with Crippen LogP contribution in [0.15, 0.2) is 0 Å². The molecule has 0 aliphatic carbocycles. The molecule has 0 aliphatic rings. The smallest absolute Gasteiger partial charge is 0.304 e. The van der Waals surface area contributed by atoms with Crippen molar-refractivity contribution in [2.24, 2.45) is 0 Å². The van der Waals surface area contributed by atoms with Crippen LogP contribution in [0.25, 0.3) is 0 Å². The summed E-state index contributed by atoms with van der Waals surface area (Å²) < 4.78 is 18.6. The van der Waals surface area contributed by atoms with Gasteiger partial charge >= 0.3 is 5.97 Å². The third-order valence-electron chi connectivity index (χ3n) is 1.03. The Morgan fingerprint density at radius 2 is 1.86 bits per heavy atom. The maximum Gasteiger partial charge on any atom is 0.304 e. The standard InChI is InChI=1S/C6H12O4S3.Na/c7-6(8)2-4-12-11-3-1-5-13(9)10;/h1-5H2,(H,7,8)(H,9,10);. The molecule has 0 aromatic heterocycles. The Balaban J connectivity index is 0. The van der Waals surface area contributed by atoms with Crippen molar-refractivity contribution in [3.05, 3.63) is 0 Å². The number of carboxylic acids is 1. The molecule has 0 aromatic rings. The number of carbonyl (C=O) groups is 1. The summed E-state index contributed by atoms with van der Waals surface area (Å²) in [5.41, 5.74) is 0. The predicted octanol–water partition coefficient (Wildman–Crippen LogP) is 1.07. The van der Waals surface area contributed by atoms with E-state index in [9.17, 15) is 9.00 Å². The van der Waals surface area contributed by atoms with Gasteiger partial charge in [-0.05, 0) is 6.42 Å². The van der Waals surface area contributed by atoms with Crippen LogP contribution in [0.4, 0.5) is 0 Å². The van der Waals surface area contributed by atoms with Crippen molar-refractivity contribution in [1.29, 1.82) is 0 Å². The van der Waals surface area contributed by atoms with Crippen LogP contribution in [0.1, 0.15) is 12.8 Å². The van der Waals surface area contributed by atoms with E-state index < -0.39 is 17.0 Å². The first kappa shape index (κ1) is 17.7. The van der Waals surface area contributed by atoms with Gasteiger partial charge < -0.3 is 9.66 Å². The Labute approximate surface area is 116 Å². The molecule has 0 saturated carbocycles. The van der Waals surface area contributed by atoms with Crippen molar-refractivity contribution in [2.75, 3.05) is 17.3 Å². The van der Waals surface area contributed by atoms with Gasteiger partial charge in [0.1, 0.15) is 0 Å². The van der Waals surface area contributed by atoms with E-state index >= 15 is 0 Å². The van der Waals surface area contributed by atoms with E-state index in [1.807, 2.05) is 0 Å². The van der Waals surface area contributed by atoms with E-state index in [-0.39, 0.29) is 36.0 Å². The molecule has 2 N–H and O–H groups in total. The largest absolute Gasteiger partial charge is 0.481 e. The Morgan fingerprint density at radius 3 is 2.36 bits per heavy atom. The van der Waals surface area contributed by atoms with Gasteiger partial charge in [0.25, 0.3) is 0 Å². The summed E-state index contributed by atoms with van der Waals surface area (Å²) in [6, 6.07) is 0. The predicted molar refractivity (Wildman–Crippen MR) is 63.2 cm³/mol. The Hall–Kier alpha value is 1.28. The first-order chi connectivity index (χ1) is 6.13. The zero-order chi connectivity index (χ0) is 10.1. The molecule has 0 aliphatic heterocycles. The van der Waals surface area contributed by atoms with E-state index in [1.54, 1.807) is 10.8 Å². The van der Waals surface area contributed by atoms with Crippen LogP contribution in [0, 0.1) is 0 Å². The fraction of sp³-hybridized carbons (Fsp3) is 0.833. The monoisotopic (exact) mass is 267 g/mol. The van der Waals surface area contributed by atoms with Crippen LogP contribution in [-0.2, 0) is 15.9 Å². The zero-order valence-electron chi connectivity index (χ0n) is 7.97. The quantitative estimate of drug-likeness (QED) is 0.297. The van der Waals surface area contributed by atoms with E-state index in [4.69, 9.17) is 9.66 Å². The van der Waals surface area contributed by atoms with Gasteiger partial charge in [0.15, 0.2) is 11.1 Å². The van der Waals surface area contributed by atoms with Gasteiger partial charge in [0, 0.05) is 41.1 Å². The molecule has 0 rings (SSSR count). The number of carboxylic acid groups (broad SMARTS) is 1. The van der Waals surface area contributed by atoms with E-state index in [0.717, 1.165) is 5.75 Å². The second kappa shape index (κ2) is 12.4. The van der Waals surface area contributed by atoms with Crippen LogP contribution in [0.5, 0.6) is 0 Å². The molecule has 0 heterocycles. The Morgan fingerprint density at radius 1 is 1.29 bits per heavy atom. The second-order valence-electron chi connectivity index (χ2n) is 2.17. The molecule has 0 saturated heterocycles. The maximum absolute atomic E-state index is 10.2. The number of aliphatic carboxylic acids is 1. The van der Waals surface area contributed by atoms with Crippen LogP contribution in [0.3, 0.4) is 0 Å². The molecule has 1 atom stereocenters. The van der Waals surface area contributed by atoms with Gasteiger partial charge in [-0.25, -0.2) is 4.21 Å². The molecule has 0 bridgehead atoms. The van der Waals surface area contributed by atoms with Crippen LogP contribution in [0.2, 0.25) is 0 Å². The van der Waals surface area contributed by atoms with Crippen molar-refractivity contribution in [1.82, 2.24) is 0 Å². The Bertz CT molecular complexity index is 160. The first-order valence-electron chi connectivity index (χ1n) is 3.66. The minimum absolute atomic E-state index is 0. The molecular weight excluding hydrogens is 255 g/mol. The summed E-state index contributed by atoms with van der Waals surface area (Å²) >= 11 is -1.70. The molecule has 0 amide bonds. The summed E-state index contributed by atoms with van der Waals surface area (Å²) in [5.74, 6) is 0.884. The Kier molecular flexibility index (Phi) is 15.6. The molecule has 14 heavy (non-hydrogen) atoms.